The number of nitrogens with zero attached hydrogens (tertiary/aromatic N) is 3. The molecule has 5 heteroatoms. The zero-order chi connectivity index (χ0) is 11.5. The lowest BCUT2D eigenvalue weighted by Crippen LogP contribution is -2.12. The van der Waals surface area contributed by atoms with Crippen LogP contribution >= 0.6 is 15.9 Å². The molecule has 0 bridgehead atoms. The maximum absolute atomic E-state index is 4.13. The second-order valence-electron chi connectivity index (χ2n) is 3.58. The Bertz CT molecular complexity index is 480. The highest BCUT2D eigenvalue weighted by atomic mass is 79.9. The molecular formula is C11H13BrN4. The average Bonchev–Trinajstić information content (AvgIpc) is 2.77. The number of hydrogen-bond donors (Lipinski definition) is 1. The van der Waals surface area contributed by atoms with E-state index in [1.165, 1.54) is 0 Å². The summed E-state index contributed by atoms with van der Waals surface area (Å²) in [6.45, 7) is 2.05. The first-order chi connectivity index (χ1) is 7.70. The molecule has 1 aromatic heterocycles. The Balaban J connectivity index is 2.31. The zero-order valence-electron chi connectivity index (χ0n) is 9.18. The van der Waals surface area contributed by atoms with Crippen LogP contribution in [0.1, 0.15) is 18.7 Å². The minimum atomic E-state index is 0.209. The molecule has 1 N–H and O–H groups in total. The Kier molecular flexibility index (Phi) is 3.36. The lowest BCUT2D eigenvalue weighted by atomic mass is 10.2. The summed E-state index contributed by atoms with van der Waals surface area (Å²) >= 11 is 3.43. The van der Waals surface area contributed by atoms with Crippen molar-refractivity contribution < 1.29 is 0 Å². The average molecular weight is 281 g/mol. The number of rotatable bonds is 3. The molecule has 0 saturated heterocycles. The van der Waals surface area contributed by atoms with Crippen molar-refractivity contribution in [3.63, 3.8) is 0 Å². The molecule has 2 rings (SSSR count). The highest BCUT2D eigenvalue weighted by Gasteiger charge is 2.08. The van der Waals surface area contributed by atoms with E-state index in [0.717, 1.165) is 15.9 Å². The molecule has 1 atom stereocenters. The van der Waals surface area contributed by atoms with Gasteiger partial charge in [0, 0.05) is 10.5 Å². The standard InChI is InChI=1S/C11H13BrN4/c1-8(13-2)11-7-16(15-14-11)10-5-3-4-9(12)6-10/h3-8,13H,1-2H3. The van der Waals surface area contributed by atoms with Gasteiger partial charge in [-0.15, -0.1) is 5.10 Å². The molecule has 0 radical (unpaired) electrons. The first kappa shape index (κ1) is 11.3. The minimum absolute atomic E-state index is 0.209. The van der Waals surface area contributed by atoms with Gasteiger partial charge in [-0.05, 0) is 32.2 Å². The molecule has 2 aromatic rings. The fourth-order valence-corrected chi connectivity index (χ4v) is 1.75. The fourth-order valence-electron chi connectivity index (χ4n) is 1.37. The number of nitrogens with one attached hydrogen (secondary N) is 1. The van der Waals surface area contributed by atoms with E-state index in [0.29, 0.717) is 0 Å². The Morgan fingerprint density at radius 1 is 1.44 bits per heavy atom. The van der Waals surface area contributed by atoms with Crippen molar-refractivity contribution in [1.29, 1.82) is 0 Å². The molecule has 1 heterocycles. The van der Waals surface area contributed by atoms with E-state index in [1.807, 2.05) is 37.5 Å². The van der Waals surface area contributed by atoms with Gasteiger partial charge in [-0.2, -0.15) is 0 Å². The second-order valence-corrected chi connectivity index (χ2v) is 4.49. The predicted molar refractivity (Wildman–Crippen MR) is 66.5 cm³/mol. The Morgan fingerprint density at radius 2 is 2.25 bits per heavy atom. The van der Waals surface area contributed by atoms with Gasteiger partial charge < -0.3 is 5.32 Å². The highest BCUT2D eigenvalue weighted by molar-refractivity contribution is 9.10. The number of halogens is 1. The summed E-state index contributed by atoms with van der Waals surface area (Å²) < 4.78 is 2.80. The first-order valence-corrected chi connectivity index (χ1v) is 5.85. The SMILES string of the molecule is CNC(C)c1cn(-c2cccc(Br)c2)nn1. The van der Waals surface area contributed by atoms with Crippen LogP contribution in [-0.2, 0) is 0 Å². The maximum Gasteiger partial charge on any atom is 0.0998 e. The molecular weight excluding hydrogens is 268 g/mol. The van der Waals surface area contributed by atoms with E-state index in [1.54, 1.807) is 4.68 Å². The molecule has 4 nitrogen and oxygen atoms in total. The van der Waals surface area contributed by atoms with Gasteiger partial charge in [-0.3, -0.25) is 0 Å². The Hall–Kier alpha value is -1.20. The summed E-state index contributed by atoms with van der Waals surface area (Å²) in [6.07, 6.45) is 1.93. The van der Waals surface area contributed by atoms with Crippen molar-refractivity contribution in [1.82, 2.24) is 20.3 Å². The van der Waals surface area contributed by atoms with Crippen molar-refractivity contribution in [3.05, 3.63) is 40.6 Å². The molecule has 16 heavy (non-hydrogen) atoms. The van der Waals surface area contributed by atoms with E-state index in [-0.39, 0.29) is 6.04 Å². The molecule has 0 spiro atoms. The topological polar surface area (TPSA) is 42.7 Å². The van der Waals surface area contributed by atoms with E-state index < -0.39 is 0 Å². The smallest absolute Gasteiger partial charge is 0.0998 e. The summed E-state index contributed by atoms with van der Waals surface area (Å²) in [4.78, 5) is 0. The van der Waals surface area contributed by atoms with E-state index in [9.17, 15) is 0 Å². The van der Waals surface area contributed by atoms with Crippen LogP contribution < -0.4 is 5.32 Å². The monoisotopic (exact) mass is 280 g/mol. The van der Waals surface area contributed by atoms with Crippen LogP contribution in [0.25, 0.3) is 5.69 Å². The van der Waals surface area contributed by atoms with Crippen molar-refractivity contribution in [3.8, 4) is 5.69 Å². The summed E-state index contributed by atoms with van der Waals surface area (Å²) in [5, 5.41) is 11.4. The van der Waals surface area contributed by atoms with Crippen LogP contribution in [-0.4, -0.2) is 22.0 Å². The maximum atomic E-state index is 4.13. The molecule has 0 aliphatic rings. The lowest BCUT2D eigenvalue weighted by Gasteiger charge is -2.04. The van der Waals surface area contributed by atoms with Gasteiger partial charge in [-0.25, -0.2) is 4.68 Å². The minimum Gasteiger partial charge on any atom is -0.312 e. The quantitative estimate of drug-likeness (QED) is 0.938. The van der Waals surface area contributed by atoms with Gasteiger partial charge in [0.15, 0.2) is 0 Å². The second kappa shape index (κ2) is 4.76. The summed E-state index contributed by atoms with van der Waals surface area (Å²) in [5.74, 6) is 0. The van der Waals surface area contributed by atoms with Crippen LogP contribution in [0, 0.1) is 0 Å². The van der Waals surface area contributed by atoms with E-state index >= 15 is 0 Å². The molecule has 1 aromatic carbocycles. The predicted octanol–water partition coefficient (Wildman–Crippen LogP) is 2.31. The molecule has 0 saturated carbocycles. The lowest BCUT2D eigenvalue weighted by molar-refractivity contribution is 0.630. The number of hydrogen-bond acceptors (Lipinski definition) is 3. The van der Waals surface area contributed by atoms with E-state index in [2.05, 4.69) is 38.5 Å². The van der Waals surface area contributed by atoms with Gasteiger partial charge in [0.05, 0.1) is 17.6 Å². The van der Waals surface area contributed by atoms with Gasteiger partial charge >= 0.3 is 0 Å². The van der Waals surface area contributed by atoms with Gasteiger partial charge in [0.2, 0.25) is 0 Å². The first-order valence-electron chi connectivity index (χ1n) is 5.06. The Morgan fingerprint density at radius 3 is 2.94 bits per heavy atom. The molecule has 1 unspecified atom stereocenters. The summed E-state index contributed by atoms with van der Waals surface area (Å²) in [5.41, 5.74) is 1.93. The Labute approximate surface area is 103 Å². The molecule has 0 fully saturated rings. The fraction of sp³-hybridized carbons (Fsp3) is 0.273. The number of benzene rings is 1. The zero-order valence-corrected chi connectivity index (χ0v) is 10.8. The van der Waals surface area contributed by atoms with Crippen LogP contribution in [0.2, 0.25) is 0 Å². The third-order valence-corrected chi connectivity index (χ3v) is 2.95. The van der Waals surface area contributed by atoms with Crippen molar-refractivity contribution in [2.45, 2.75) is 13.0 Å². The van der Waals surface area contributed by atoms with Crippen LogP contribution in [0.15, 0.2) is 34.9 Å². The van der Waals surface area contributed by atoms with Crippen LogP contribution in [0.5, 0.6) is 0 Å². The van der Waals surface area contributed by atoms with Crippen molar-refractivity contribution >= 4 is 15.9 Å². The highest BCUT2D eigenvalue weighted by Crippen LogP contribution is 2.16. The van der Waals surface area contributed by atoms with Crippen molar-refractivity contribution in [2.75, 3.05) is 7.05 Å². The number of aromatic nitrogens is 3. The van der Waals surface area contributed by atoms with Crippen LogP contribution in [0.3, 0.4) is 0 Å². The molecule has 0 aliphatic heterocycles. The van der Waals surface area contributed by atoms with Crippen molar-refractivity contribution in [2.24, 2.45) is 0 Å². The van der Waals surface area contributed by atoms with E-state index in [4.69, 9.17) is 0 Å². The van der Waals surface area contributed by atoms with Crippen LogP contribution in [0.4, 0.5) is 0 Å². The third kappa shape index (κ3) is 2.31. The normalized spacial score (nSPS) is 12.7. The van der Waals surface area contributed by atoms with Gasteiger partial charge in [0.25, 0.3) is 0 Å². The summed E-state index contributed by atoms with van der Waals surface area (Å²) in [6, 6.07) is 8.16. The summed E-state index contributed by atoms with van der Waals surface area (Å²) in [7, 11) is 1.91. The largest absolute Gasteiger partial charge is 0.312 e. The van der Waals surface area contributed by atoms with Gasteiger partial charge in [-0.1, -0.05) is 27.2 Å². The third-order valence-electron chi connectivity index (χ3n) is 2.46. The van der Waals surface area contributed by atoms with Gasteiger partial charge in [0.1, 0.15) is 0 Å². The molecule has 0 aliphatic carbocycles. The molecule has 84 valence electrons. The molecule has 0 amide bonds.